The van der Waals surface area contributed by atoms with Gasteiger partial charge >= 0.3 is 5.97 Å². The van der Waals surface area contributed by atoms with E-state index < -0.39 is 5.60 Å². The van der Waals surface area contributed by atoms with E-state index in [0.717, 1.165) is 5.56 Å². The number of ether oxygens (including phenoxy) is 1. The zero-order chi connectivity index (χ0) is 11.1. The lowest BCUT2D eigenvalue weighted by atomic mass is 9.93. The van der Waals surface area contributed by atoms with Crippen LogP contribution in [0, 0.1) is 0 Å². The van der Waals surface area contributed by atoms with Gasteiger partial charge in [-0.1, -0.05) is 35.3 Å². The molecule has 1 unspecified atom stereocenters. The Bertz CT molecular complexity index is 417. The van der Waals surface area contributed by atoms with Crippen molar-refractivity contribution in [1.82, 2.24) is 0 Å². The molecule has 15 heavy (non-hydrogen) atoms. The smallest absolute Gasteiger partial charge is 0.306 e. The molecule has 2 nitrogen and oxygen atoms in total. The molecule has 1 aromatic rings. The fourth-order valence-electron chi connectivity index (χ4n) is 1.80. The largest absolute Gasteiger partial charge is 0.454 e. The molecule has 0 aromatic heterocycles. The second-order valence-electron chi connectivity index (χ2n) is 3.81. The van der Waals surface area contributed by atoms with Crippen molar-refractivity contribution in [2.24, 2.45) is 0 Å². The molecule has 0 N–H and O–H groups in total. The molecule has 1 fully saturated rings. The summed E-state index contributed by atoms with van der Waals surface area (Å²) in [6.45, 7) is 1.86. The zero-order valence-electron chi connectivity index (χ0n) is 8.22. The lowest BCUT2D eigenvalue weighted by Crippen LogP contribution is -2.21. The van der Waals surface area contributed by atoms with Crippen molar-refractivity contribution in [3.05, 3.63) is 33.8 Å². The predicted molar refractivity (Wildman–Crippen MR) is 59.1 cm³/mol. The van der Waals surface area contributed by atoms with Gasteiger partial charge in [0.05, 0.1) is 10.0 Å². The van der Waals surface area contributed by atoms with Crippen LogP contribution in [0.4, 0.5) is 0 Å². The first-order chi connectivity index (χ1) is 7.03. The first-order valence-electron chi connectivity index (χ1n) is 4.69. The Kier molecular flexibility index (Phi) is 2.65. The number of carbonyl (C=O) groups excluding carboxylic acids is 1. The molecule has 0 radical (unpaired) electrons. The average Bonchev–Trinajstić information content (AvgIpc) is 2.52. The number of hydrogen-bond donors (Lipinski definition) is 0. The first-order valence-corrected chi connectivity index (χ1v) is 5.45. The molecule has 1 heterocycles. The van der Waals surface area contributed by atoms with Crippen LogP contribution in [0.2, 0.25) is 10.0 Å². The van der Waals surface area contributed by atoms with Gasteiger partial charge in [0.1, 0.15) is 5.60 Å². The Hall–Kier alpha value is -0.730. The van der Waals surface area contributed by atoms with E-state index in [4.69, 9.17) is 27.9 Å². The summed E-state index contributed by atoms with van der Waals surface area (Å²) in [5.74, 6) is -0.187. The van der Waals surface area contributed by atoms with Gasteiger partial charge in [-0.3, -0.25) is 4.79 Å². The summed E-state index contributed by atoms with van der Waals surface area (Å²) in [4.78, 5) is 11.1. The fraction of sp³-hybridized carbons (Fsp3) is 0.364. The lowest BCUT2D eigenvalue weighted by Gasteiger charge is -2.24. The van der Waals surface area contributed by atoms with Crippen LogP contribution in [0.1, 0.15) is 25.3 Å². The summed E-state index contributed by atoms with van der Waals surface area (Å²) >= 11 is 12.0. The number of benzene rings is 1. The molecule has 0 bridgehead atoms. The van der Waals surface area contributed by atoms with E-state index in [1.54, 1.807) is 12.1 Å². The number of hydrogen-bond acceptors (Lipinski definition) is 2. The van der Waals surface area contributed by atoms with Gasteiger partial charge in [0.15, 0.2) is 0 Å². The predicted octanol–water partition coefficient (Wildman–Crippen LogP) is 3.55. The summed E-state index contributed by atoms with van der Waals surface area (Å²) < 4.78 is 5.29. The van der Waals surface area contributed by atoms with Crippen molar-refractivity contribution in [3.8, 4) is 0 Å². The molecule has 0 spiro atoms. The van der Waals surface area contributed by atoms with Crippen LogP contribution >= 0.6 is 23.2 Å². The van der Waals surface area contributed by atoms with Gasteiger partial charge in [0, 0.05) is 18.4 Å². The normalized spacial score (nSPS) is 25.4. The minimum Gasteiger partial charge on any atom is -0.454 e. The zero-order valence-corrected chi connectivity index (χ0v) is 9.73. The van der Waals surface area contributed by atoms with Crippen molar-refractivity contribution in [1.29, 1.82) is 0 Å². The van der Waals surface area contributed by atoms with E-state index >= 15 is 0 Å². The molecule has 1 atom stereocenters. The Morgan fingerprint density at radius 1 is 1.40 bits per heavy atom. The summed E-state index contributed by atoms with van der Waals surface area (Å²) in [6.07, 6.45) is 1.07. The van der Waals surface area contributed by atoms with Crippen molar-refractivity contribution in [2.75, 3.05) is 0 Å². The van der Waals surface area contributed by atoms with Gasteiger partial charge in [-0.05, 0) is 13.0 Å². The van der Waals surface area contributed by atoms with E-state index in [1.807, 2.05) is 13.0 Å². The maximum atomic E-state index is 11.1. The van der Waals surface area contributed by atoms with Crippen LogP contribution < -0.4 is 0 Å². The van der Waals surface area contributed by atoms with Gasteiger partial charge in [0.25, 0.3) is 0 Å². The van der Waals surface area contributed by atoms with Gasteiger partial charge < -0.3 is 4.74 Å². The second kappa shape index (κ2) is 3.69. The molecule has 1 aliphatic rings. The summed E-state index contributed by atoms with van der Waals surface area (Å²) in [6, 6.07) is 5.36. The van der Waals surface area contributed by atoms with E-state index in [2.05, 4.69) is 0 Å². The third kappa shape index (κ3) is 1.84. The van der Waals surface area contributed by atoms with Crippen molar-refractivity contribution in [3.63, 3.8) is 0 Å². The SMILES string of the molecule is CC1(c2cccc(Cl)c2Cl)CCC(=O)O1. The second-order valence-corrected chi connectivity index (χ2v) is 4.59. The molecular weight excluding hydrogens is 235 g/mol. The fourth-order valence-corrected chi connectivity index (χ4v) is 2.30. The van der Waals surface area contributed by atoms with Gasteiger partial charge in [-0.15, -0.1) is 0 Å². The lowest BCUT2D eigenvalue weighted by molar-refractivity contribution is -0.147. The van der Waals surface area contributed by atoms with E-state index in [1.165, 1.54) is 0 Å². The molecule has 1 aromatic carbocycles. The maximum Gasteiger partial charge on any atom is 0.306 e. The monoisotopic (exact) mass is 244 g/mol. The number of esters is 1. The summed E-state index contributed by atoms with van der Waals surface area (Å²) in [7, 11) is 0. The number of carbonyl (C=O) groups is 1. The van der Waals surface area contributed by atoms with Crippen LogP contribution in [0.3, 0.4) is 0 Å². The van der Waals surface area contributed by atoms with Crippen LogP contribution in [0.25, 0.3) is 0 Å². The van der Waals surface area contributed by atoms with Crippen LogP contribution in [-0.2, 0) is 15.1 Å². The van der Waals surface area contributed by atoms with Gasteiger partial charge in [-0.2, -0.15) is 0 Å². The highest BCUT2D eigenvalue weighted by Crippen LogP contribution is 2.41. The average molecular weight is 245 g/mol. The van der Waals surface area contributed by atoms with E-state index in [9.17, 15) is 4.79 Å². The molecule has 0 aliphatic carbocycles. The standard InChI is InChI=1S/C11H10Cl2O2/c1-11(6-5-9(14)15-11)7-3-2-4-8(12)10(7)13/h2-4H,5-6H2,1H3. The molecule has 80 valence electrons. The molecule has 1 saturated heterocycles. The number of cyclic esters (lactones) is 1. The van der Waals surface area contributed by atoms with Crippen molar-refractivity contribution in [2.45, 2.75) is 25.4 Å². The third-order valence-corrected chi connectivity index (χ3v) is 3.49. The topological polar surface area (TPSA) is 26.3 Å². The molecule has 1 aliphatic heterocycles. The highest BCUT2D eigenvalue weighted by Gasteiger charge is 2.39. The Labute approximate surface area is 98.1 Å². The molecule has 0 saturated carbocycles. The molecule has 0 amide bonds. The Morgan fingerprint density at radius 2 is 2.13 bits per heavy atom. The van der Waals surface area contributed by atoms with Crippen molar-refractivity contribution >= 4 is 29.2 Å². The highest BCUT2D eigenvalue weighted by molar-refractivity contribution is 6.42. The minimum atomic E-state index is -0.626. The number of halogens is 2. The first kappa shape index (κ1) is 10.8. The van der Waals surface area contributed by atoms with Gasteiger partial charge in [0.2, 0.25) is 0 Å². The Balaban J connectivity index is 2.45. The van der Waals surface area contributed by atoms with Crippen LogP contribution in [0.5, 0.6) is 0 Å². The molecule has 2 rings (SSSR count). The Morgan fingerprint density at radius 3 is 2.73 bits per heavy atom. The van der Waals surface area contributed by atoms with Gasteiger partial charge in [-0.25, -0.2) is 0 Å². The van der Waals surface area contributed by atoms with Crippen LogP contribution in [-0.4, -0.2) is 5.97 Å². The molecular formula is C11H10Cl2O2. The highest BCUT2D eigenvalue weighted by atomic mass is 35.5. The minimum absolute atomic E-state index is 0.187. The van der Waals surface area contributed by atoms with Crippen LogP contribution in [0.15, 0.2) is 18.2 Å². The summed E-state index contributed by atoms with van der Waals surface area (Å²) in [5, 5.41) is 0.953. The number of rotatable bonds is 1. The van der Waals surface area contributed by atoms with Crippen molar-refractivity contribution < 1.29 is 9.53 Å². The van der Waals surface area contributed by atoms with E-state index in [0.29, 0.717) is 22.9 Å². The van der Waals surface area contributed by atoms with E-state index in [-0.39, 0.29) is 5.97 Å². The maximum absolute atomic E-state index is 11.1. The molecule has 4 heteroatoms. The quantitative estimate of drug-likeness (QED) is 0.707. The third-order valence-electron chi connectivity index (χ3n) is 2.67. The summed E-state index contributed by atoms with van der Waals surface area (Å²) in [5.41, 5.74) is 0.154.